The van der Waals surface area contributed by atoms with E-state index in [4.69, 9.17) is 0 Å². The third kappa shape index (κ3) is 2.76. The normalized spacial score (nSPS) is 18.5. The van der Waals surface area contributed by atoms with Gasteiger partial charge in [-0.25, -0.2) is 4.68 Å². The molecular formula is C16H15F3N4O. The summed E-state index contributed by atoms with van der Waals surface area (Å²) < 4.78 is 39.4. The predicted molar refractivity (Wildman–Crippen MR) is 78.4 cm³/mol. The van der Waals surface area contributed by atoms with Crippen molar-refractivity contribution in [1.29, 1.82) is 0 Å². The summed E-state index contributed by atoms with van der Waals surface area (Å²) in [4.78, 5) is 13.9. The molecule has 4 rings (SSSR count). The summed E-state index contributed by atoms with van der Waals surface area (Å²) in [6, 6.07) is 4.40. The van der Waals surface area contributed by atoms with Gasteiger partial charge in [-0.1, -0.05) is 5.21 Å². The number of hydrogen-bond donors (Lipinski definition) is 0. The first-order chi connectivity index (χ1) is 11.4. The number of carbonyl (C=O) groups is 1. The fourth-order valence-corrected chi connectivity index (χ4v) is 2.81. The highest BCUT2D eigenvalue weighted by atomic mass is 19.4. The van der Waals surface area contributed by atoms with Crippen LogP contribution in [0.4, 0.5) is 13.2 Å². The number of likely N-dealkylation sites (tertiary alicyclic amines) is 1. The number of nitrogens with zero attached hydrogens (tertiary/aromatic N) is 4. The molecule has 1 amide bonds. The molecule has 1 aromatic heterocycles. The van der Waals surface area contributed by atoms with Gasteiger partial charge in [-0.15, -0.1) is 5.10 Å². The van der Waals surface area contributed by atoms with Gasteiger partial charge in [-0.05, 0) is 37.1 Å². The maximum absolute atomic E-state index is 12.5. The molecule has 126 valence electrons. The molecule has 0 spiro atoms. The lowest BCUT2D eigenvalue weighted by Crippen LogP contribution is -2.50. The van der Waals surface area contributed by atoms with Crippen LogP contribution in [-0.4, -0.2) is 38.9 Å². The standard InChI is InChI=1S/C16H15F3N4O/c17-16(18,19)12-5-3-11(4-6-12)15(24)22-7-13(8-22)23-9-14(20-21-23)10-1-2-10/h3-6,9-10,13H,1-2,7-8H2. The lowest BCUT2D eigenvalue weighted by molar-refractivity contribution is -0.137. The van der Waals surface area contributed by atoms with Crippen molar-refractivity contribution in [2.75, 3.05) is 13.1 Å². The van der Waals surface area contributed by atoms with Gasteiger partial charge in [0, 0.05) is 30.8 Å². The number of aromatic nitrogens is 3. The van der Waals surface area contributed by atoms with Crippen LogP contribution in [-0.2, 0) is 6.18 Å². The number of amides is 1. The Hall–Kier alpha value is -2.38. The fourth-order valence-electron chi connectivity index (χ4n) is 2.81. The maximum Gasteiger partial charge on any atom is 0.416 e. The van der Waals surface area contributed by atoms with Crippen molar-refractivity contribution in [2.45, 2.75) is 31.0 Å². The van der Waals surface area contributed by atoms with E-state index in [1.807, 2.05) is 6.20 Å². The Morgan fingerprint density at radius 1 is 1.12 bits per heavy atom. The third-order valence-corrected chi connectivity index (χ3v) is 4.51. The maximum atomic E-state index is 12.5. The molecule has 5 nitrogen and oxygen atoms in total. The molecular weight excluding hydrogens is 321 g/mol. The lowest BCUT2D eigenvalue weighted by Gasteiger charge is -2.38. The lowest BCUT2D eigenvalue weighted by atomic mass is 10.1. The van der Waals surface area contributed by atoms with Crippen molar-refractivity contribution in [3.8, 4) is 0 Å². The molecule has 1 saturated heterocycles. The molecule has 2 heterocycles. The molecule has 1 aliphatic carbocycles. The van der Waals surface area contributed by atoms with E-state index >= 15 is 0 Å². The second-order valence-corrected chi connectivity index (χ2v) is 6.34. The molecule has 1 aromatic carbocycles. The Morgan fingerprint density at radius 3 is 2.38 bits per heavy atom. The molecule has 0 N–H and O–H groups in total. The zero-order chi connectivity index (χ0) is 16.9. The van der Waals surface area contributed by atoms with Gasteiger partial charge in [0.15, 0.2) is 0 Å². The predicted octanol–water partition coefficient (Wildman–Crippen LogP) is 2.87. The van der Waals surface area contributed by atoms with Gasteiger partial charge in [-0.3, -0.25) is 4.79 Å². The first kappa shape index (κ1) is 15.2. The van der Waals surface area contributed by atoms with Crippen molar-refractivity contribution in [1.82, 2.24) is 19.9 Å². The molecule has 0 radical (unpaired) electrons. The summed E-state index contributed by atoms with van der Waals surface area (Å²) in [6.45, 7) is 0.987. The van der Waals surface area contributed by atoms with Crippen LogP contribution in [0.2, 0.25) is 0 Å². The van der Waals surface area contributed by atoms with E-state index in [0.29, 0.717) is 19.0 Å². The van der Waals surface area contributed by atoms with E-state index in [9.17, 15) is 18.0 Å². The van der Waals surface area contributed by atoms with Crippen LogP contribution in [0.5, 0.6) is 0 Å². The second-order valence-electron chi connectivity index (χ2n) is 6.34. The summed E-state index contributed by atoms with van der Waals surface area (Å²) in [5, 5.41) is 8.25. The van der Waals surface area contributed by atoms with Crippen LogP contribution in [0.1, 0.15) is 46.4 Å². The van der Waals surface area contributed by atoms with Gasteiger partial charge in [0.2, 0.25) is 0 Å². The van der Waals surface area contributed by atoms with Crippen LogP contribution >= 0.6 is 0 Å². The number of hydrogen-bond acceptors (Lipinski definition) is 3. The number of benzene rings is 1. The summed E-state index contributed by atoms with van der Waals surface area (Å²) >= 11 is 0. The number of alkyl halides is 3. The average Bonchev–Trinajstić information content (AvgIpc) is 3.24. The minimum Gasteiger partial charge on any atom is -0.334 e. The van der Waals surface area contributed by atoms with Crippen molar-refractivity contribution >= 4 is 5.91 Å². The van der Waals surface area contributed by atoms with E-state index in [-0.39, 0.29) is 17.5 Å². The van der Waals surface area contributed by atoms with Crippen LogP contribution in [0.3, 0.4) is 0 Å². The Balaban J connectivity index is 1.38. The molecule has 0 unspecified atom stereocenters. The number of halogens is 3. The minimum atomic E-state index is -4.39. The van der Waals surface area contributed by atoms with Crippen molar-refractivity contribution in [3.63, 3.8) is 0 Å². The van der Waals surface area contributed by atoms with Gasteiger partial charge in [0.1, 0.15) is 0 Å². The quantitative estimate of drug-likeness (QED) is 0.866. The number of carbonyl (C=O) groups excluding carboxylic acids is 1. The van der Waals surface area contributed by atoms with E-state index in [2.05, 4.69) is 10.3 Å². The molecule has 1 aliphatic heterocycles. The van der Waals surface area contributed by atoms with E-state index in [1.165, 1.54) is 12.1 Å². The van der Waals surface area contributed by atoms with E-state index < -0.39 is 11.7 Å². The summed E-state index contributed by atoms with van der Waals surface area (Å²) in [5.74, 6) is 0.270. The zero-order valence-electron chi connectivity index (χ0n) is 12.7. The van der Waals surface area contributed by atoms with Gasteiger partial charge >= 0.3 is 6.18 Å². The average molecular weight is 336 g/mol. The van der Waals surface area contributed by atoms with Gasteiger partial charge < -0.3 is 4.90 Å². The van der Waals surface area contributed by atoms with Crippen LogP contribution in [0.15, 0.2) is 30.5 Å². The molecule has 8 heteroatoms. The van der Waals surface area contributed by atoms with Crippen molar-refractivity contribution in [3.05, 3.63) is 47.3 Å². The number of rotatable bonds is 3. The van der Waals surface area contributed by atoms with Crippen LogP contribution in [0.25, 0.3) is 0 Å². The summed E-state index contributed by atoms with van der Waals surface area (Å²) in [6.07, 6.45) is -0.151. The van der Waals surface area contributed by atoms with E-state index in [0.717, 1.165) is 30.7 Å². The van der Waals surface area contributed by atoms with Gasteiger partial charge in [0.25, 0.3) is 5.91 Å². The molecule has 2 fully saturated rings. The molecule has 0 atom stereocenters. The Bertz CT molecular complexity index is 758. The van der Waals surface area contributed by atoms with Gasteiger partial charge in [0.05, 0.1) is 17.3 Å². The Kier molecular flexibility index (Phi) is 3.36. The van der Waals surface area contributed by atoms with E-state index in [1.54, 1.807) is 9.58 Å². The first-order valence-corrected chi connectivity index (χ1v) is 7.80. The molecule has 1 saturated carbocycles. The Morgan fingerprint density at radius 2 is 1.79 bits per heavy atom. The second kappa shape index (κ2) is 5.32. The summed E-state index contributed by atoms with van der Waals surface area (Å²) in [5.41, 5.74) is 0.511. The SMILES string of the molecule is O=C(c1ccc(C(F)(F)F)cc1)N1CC(n2cc(C3CC3)nn2)C1. The van der Waals surface area contributed by atoms with Gasteiger partial charge in [-0.2, -0.15) is 13.2 Å². The molecule has 2 aliphatic rings. The first-order valence-electron chi connectivity index (χ1n) is 7.80. The van der Waals surface area contributed by atoms with Crippen LogP contribution in [0, 0.1) is 0 Å². The highest BCUT2D eigenvalue weighted by Crippen LogP contribution is 2.39. The smallest absolute Gasteiger partial charge is 0.334 e. The fraction of sp³-hybridized carbons (Fsp3) is 0.438. The Labute approximate surface area is 136 Å². The van der Waals surface area contributed by atoms with Crippen LogP contribution < -0.4 is 0 Å². The molecule has 0 bridgehead atoms. The highest BCUT2D eigenvalue weighted by molar-refractivity contribution is 5.94. The monoisotopic (exact) mass is 336 g/mol. The van der Waals surface area contributed by atoms with Crippen molar-refractivity contribution < 1.29 is 18.0 Å². The molecule has 2 aromatic rings. The summed E-state index contributed by atoms with van der Waals surface area (Å²) in [7, 11) is 0. The zero-order valence-corrected chi connectivity index (χ0v) is 12.7. The molecule has 24 heavy (non-hydrogen) atoms. The minimum absolute atomic E-state index is 0.0865. The largest absolute Gasteiger partial charge is 0.416 e. The highest BCUT2D eigenvalue weighted by Gasteiger charge is 2.35. The topological polar surface area (TPSA) is 51.0 Å². The third-order valence-electron chi connectivity index (χ3n) is 4.51. The van der Waals surface area contributed by atoms with Crippen molar-refractivity contribution in [2.24, 2.45) is 0 Å².